The Kier molecular flexibility index (Phi) is 3.92. The molecular formula is C13H17N3O3S. The molecule has 2 aromatic rings. The van der Waals surface area contributed by atoms with Crippen LogP contribution in [0.3, 0.4) is 0 Å². The Balaban J connectivity index is 2.40. The van der Waals surface area contributed by atoms with Gasteiger partial charge in [0.15, 0.2) is 5.76 Å². The summed E-state index contributed by atoms with van der Waals surface area (Å²) in [5.74, 6) is 0.294. The van der Waals surface area contributed by atoms with Crippen LogP contribution in [0.15, 0.2) is 33.8 Å². The van der Waals surface area contributed by atoms with E-state index in [0.29, 0.717) is 17.1 Å². The third-order valence-electron chi connectivity index (χ3n) is 3.27. The lowest BCUT2D eigenvalue weighted by Crippen LogP contribution is -2.30. The second kappa shape index (κ2) is 5.34. The minimum atomic E-state index is -3.67. The van der Waals surface area contributed by atoms with E-state index < -0.39 is 10.0 Å². The average molecular weight is 295 g/mol. The van der Waals surface area contributed by atoms with Crippen molar-refractivity contribution in [3.8, 4) is 0 Å². The van der Waals surface area contributed by atoms with E-state index >= 15 is 0 Å². The first-order valence-corrected chi connectivity index (χ1v) is 7.61. The van der Waals surface area contributed by atoms with Crippen LogP contribution < -0.4 is 0 Å². The van der Waals surface area contributed by atoms with Gasteiger partial charge in [0.05, 0.1) is 11.7 Å². The molecule has 1 atom stereocenters. The number of hydrogen-bond donors (Lipinski definition) is 0. The van der Waals surface area contributed by atoms with Gasteiger partial charge in [-0.15, -0.1) is 0 Å². The summed E-state index contributed by atoms with van der Waals surface area (Å²) in [6.07, 6.45) is 1.64. The molecule has 0 N–H and O–H groups in total. The molecule has 7 heteroatoms. The van der Waals surface area contributed by atoms with Crippen LogP contribution in [-0.4, -0.2) is 29.9 Å². The molecule has 108 valence electrons. The first-order valence-electron chi connectivity index (χ1n) is 6.17. The van der Waals surface area contributed by atoms with Crippen molar-refractivity contribution in [2.75, 3.05) is 7.05 Å². The highest BCUT2D eigenvalue weighted by Crippen LogP contribution is 2.28. The van der Waals surface area contributed by atoms with Crippen LogP contribution in [0.5, 0.6) is 0 Å². The van der Waals surface area contributed by atoms with Crippen LogP contribution in [0, 0.1) is 13.8 Å². The number of hydrogen-bond acceptors (Lipinski definition) is 5. The number of nitrogens with zero attached hydrogens (tertiary/aromatic N) is 3. The van der Waals surface area contributed by atoms with E-state index in [-0.39, 0.29) is 10.9 Å². The Morgan fingerprint density at radius 2 is 2.00 bits per heavy atom. The van der Waals surface area contributed by atoms with Crippen LogP contribution in [-0.2, 0) is 10.0 Å². The topological polar surface area (TPSA) is 76.3 Å². The summed E-state index contributed by atoms with van der Waals surface area (Å²) in [6, 6.07) is 5.04. The standard InChI is InChI=1S/C13H17N3O3S/c1-9-13(11(3)19-15-9)20(17,18)16(4)10(2)12-7-5-6-8-14-12/h5-8,10H,1-4H3/t10-/m1/s1. The first kappa shape index (κ1) is 14.7. The maximum Gasteiger partial charge on any atom is 0.248 e. The zero-order valence-electron chi connectivity index (χ0n) is 11.9. The average Bonchev–Trinajstić information content (AvgIpc) is 2.78. The van der Waals surface area contributed by atoms with Gasteiger partial charge in [-0.1, -0.05) is 11.2 Å². The maximum atomic E-state index is 12.6. The van der Waals surface area contributed by atoms with Crippen LogP contribution >= 0.6 is 0 Å². The van der Waals surface area contributed by atoms with Crippen molar-refractivity contribution >= 4 is 10.0 Å². The highest BCUT2D eigenvalue weighted by molar-refractivity contribution is 7.89. The molecule has 0 aromatic carbocycles. The van der Waals surface area contributed by atoms with Crippen molar-refractivity contribution in [2.45, 2.75) is 31.7 Å². The largest absolute Gasteiger partial charge is 0.360 e. The van der Waals surface area contributed by atoms with Gasteiger partial charge in [0.25, 0.3) is 0 Å². The highest BCUT2D eigenvalue weighted by atomic mass is 32.2. The van der Waals surface area contributed by atoms with Gasteiger partial charge in [0, 0.05) is 13.2 Å². The maximum absolute atomic E-state index is 12.6. The quantitative estimate of drug-likeness (QED) is 0.863. The molecule has 0 fully saturated rings. The van der Waals surface area contributed by atoms with Crippen molar-refractivity contribution in [1.82, 2.24) is 14.4 Å². The minimum Gasteiger partial charge on any atom is -0.360 e. The van der Waals surface area contributed by atoms with Crippen molar-refractivity contribution < 1.29 is 12.9 Å². The zero-order chi connectivity index (χ0) is 14.9. The smallest absolute Gasteiger partial charge is 0.248 e. The Morgan fingerprint density at radius 3 is 2.50 bits per heavy atom. The highest BCUT2D eigenvalue weighted by Gasteiger charge is 2.32. The van der Waals surface area contributed by atoms with Gasteiger partial charge in [-0.25, -0.2) is 8.42 Å². The monoisotopic (exact) mass is 295 g/mol. The predicted octanol–water partition coefficient (Wildman–Crippen LogP) is 2.07. The van der Waals surface area contributed by atoms with E-state index in [2.05, 4.69) is 10.1 Å². The molecule has 0 amide bonds. The van der Waals surface area contributed by atoms with E-state index in [1.54, 1.807) is 39.1 Å². The minimum absolute atomic E-state index is 0.128. The summed E-state index contributed by atoms with van der Waals surface area (Å²) in [4.78, 5) is 4.32. The van der Waals surface area contributed by atoms with Crippen molar-refractivity contribution in [3.05, 3.63) is 41.5 Å². The van der Waals surface area contributed by atoms with Crippen molar-refractivity contribution in [1.29, 1.82) is 0 Å². The Hall–Kier alpha value is -1.73. The van der Waals surface area contributed by atoms with Gasteiger partial charge >= 0.3 is 0 Å². The predicted molar refractivity (Wildman–Crippen MR) is 73.6 cm³/mol. The van der Waals surface area contributed by atoms with E-state index in [1.807, 2.05) is 6.07 Å². The fraction of sp³-hybridized carbons (Fsp3) is 0.385. The first-order chi connectivity index (χ1) is 9.35. The zero-order valence-corrected chi connectivity index (χ0v) is 12.7. The van der Waals surface area contributed by atoms with E-state index in [4.69, 9.17) is 4.52 Å². The molecule has 6 nitrogen and oxygen atoms in total. The second-order valence-electron chi connectivity index (χ2n) is 4.61. The number of aryl methyl sites for hydroxylation is 2. The molecule has 0 aliphatic heterocycles. The molecule has 0 bridgehead atoms. The number of pyridine rings is 1. The Morgan fingerprint density at radius 1 is 1.30 bits per heavy atom. The molecule has 0 spiro atoms. The molecule has 0 unspecified atom stereocenters. The van der Waals surface area contributed by atoms with Crippen LogP contribution in [0.4, 0.5) is 0 Å². The van der Waals surface area contributed by atoms with E-state index in [9.17, 15) is 8.42 Å². The fourth-order valence-electron chi connectivity index (χ4n) is 2.00. The molecular weight excluding hydrogens is 278 g/mol. The summed E-state index contributed by atoms with van der Waals surface area (Å²) < 4.78 is 31.5. The number of aromatic nitrogens is 2. The third kappa shape index (κ3) is 2.46. The van der Waals surface area contributed by atoms with Gasteiger partial charge in [0.2, 0.25) is 10.0 Å². The van der Waals surface area contributed by atoms with Gasteiger partial charge < -0.3 is 4.52 Å². The van der Waals surface area contributed by atoms with E-state index in [0.717, 1.165) is 0 Å². The summed E-state index contributed by atoms with van der Waals surface area (Å²) in [6.45, 7) is 4.99. The molecule has 0 saturated carbocycles. The van der Waals surface area contributed by atoms with Crippen molar-refractivity contribution in [2.24, 2.45) is 0 Å². The summed E-state index contributed by atoms with van der Waals surface area (Å²) >= 11 is 0. The molecule has 2 aromatic heterocycles. The Bertz CT molecular complexity index is 675. The molecule has 0 aliphatic rings. The summed E-state index contributed by atoms with van der Waals surface area (Å²) in [5, 5.41) is 3.70. The molecule has 0 saturated heterocycles. The van der Waals surface area contributed by atoms with Crippen molar-refractivity contribution in [3.63, 3.8) is 0 Å². The van der Waals surface area contributed by atoms with Gasteiger partial charge in [0.1, 0.15) is 10.6 Å². The lowest BCUT2D eigenvalue weighted by atomic mass is 10.2. The van der Waals surface area contributed by atoms with Gasteiger partial charge in [-0.05, 0) is 32.9 Å². The van der Waals surface area contributed by atoms with Crippen LogP contribution in [0.25, 0.3) is 0 Å². The molecule has 2 heterocycles. The fourth-order valence-corrected chi connectivity index (χ4v) is 3.63. The van der Waals surface area contributed by atoms with E-state index in [1.165, 1.54) is 11.4 Å². The molecule has 20 heavy (non-hydrogen) atoms. The summed E-state index contributed by atoms with van der Waals surface area (Å²) in [5.41, 5.74) is 1.05. The Labute approximate surface area is 118 Å². The normalized spacial score (nSPS) is 13.7. The van der Waals surface area contributed by atoms with Gasteiger partial charge in [-0.2, -0.15) is 4.31 Å². The third-order valence-corrected chi connectivity index (χ3v) is 5.44. The van der Waals surface area contributed by atoms with Gasteiger partial charge in [-0.3, -0.25) is 4.98 Å². The summed E-state index contributed by atoms with van der Waals surface area (Å²) in [7, 11) is -2.14. The number of rotatable bonds is 4. The molecule has 0 aliphatic carbocycles. The SMILES string of the molecule is Cc1noc(C)c1S(=O)(=O)N(C)[C@H](C)c1ccccn1. The van der Waals surface area contributed by atoms with Crippen LogP contribution in [0.1, 0.15) is 30.1 Å². The second-order valence-corrected chi connectivity index (χ2v) is 6.54. The van der Waals surface area contributed by atoms with Crippen LogP contribution in [0.2, 0.25) is 0 Å². The molecule has 2 rings (SSSR count). The number of sulfonamides is 1. The molecule has 0 radical (unpaired) electrons. The lowest BCUT2D eigenvalue weighted by molar-refractivity contribution is 0.382. The lowest BCUT2D eigenvalue weighted by Gasteiger charge is -2.23.